The van der Waals surface area contributed by atoms with Crippen LogP contribution in [0.3, 0.4) is 0 Å². The Labute approximate surface area is 97.6 Å². The summed E-state index contributed by atoms with van der Waals surface area (Å²) in [5.74, 6) is 1.46. The molecule has 88 valence electrons. The van der Waals surface area contributed by atoms with Gasteiger partial charge in [-0.3, -0.25) is 4.79 Å². The number of nitrogens with zero attached hydrogens (tertiary/aromatic N) is 2. The number of thioether (sulfide) groups is 1. The molecule has 16 heavy (non-hydrogen) atoms. The zero-order valence-corrected chi connectivity index (χ0v) is 9.70. The summed E-state index contributed by atoms with van der Waals surface area (Å²) in [4.78, 5) is 14.6. The van der Waals surface area contributed by atoms with Gasteiger partial charge >= 0.3 is 5.97 Å². The van der Waals surface area contributed by atoms with Gasteiger partial charge in [0.15, 0.2) is 5.82 Å². The summed E-state index contributed by atoms with van der Waals surface area (Å²) >= 11 is 1.84. The SMILES string of the molecule is O=C(O)CCc1noc(C2CCCCS2)n1. The number of rotatable bonds is 4. The van der Waals surface area contributed by atoms with Crippen LogP contribution in [-0.2, 0) is 11.2 Å². The number of aliphatic carboxylic acids is 1. The van der Waals surface area contributed by atoms with Crippen LogP contribution in [-0.4, -0.2) is 27.0 Å². The molecule has 1 aliphatic heterocycles. The van der Waals surface area contributed by atoms with Crippen LogP contribution in [0.25, 0.3) is 0 Å². The first-order chi connectivity index (χ1) is 7.75. The third-order valence-corrected chi connectivity index (χ3v) is 3.87. The molecule has 0 bridgehead atoms. The van der Waals surface area contributed by atoms with Gasteiger partial charge in [-0.15, -0.1) is 11.8 Å². The van der Waals surface area contributed by atoms with E-state index in [1.54, 1.807) is 0 Å². The Balaban J connectivity index is 1.93. The number of carbonyl (C=O) groups is 1. The van der Waals surface area contributed by atoms with E-state index in [1.807, 2.05) is 11.8 Å². The second-order valence-electron chi connectivity index (χ2n) is 3.80. The molecule has 0 saturated carbocycles. The number of carboxylic acids is 1. The molecular formula is C10H14N2O3S. The maximum absolute atomic E-state index is 10.4. The Morgan fingerprint density at radius 1 is 1.56 bits per heavy atom. The van der Waals surface area contributed by atoms with Crippen LogP contribution in [0.15, 0.2) is 4.52 Å². The van der Waals surface area contributed by atoms with Crippen LogP contribution in [0.5, 0.6) is 0 Å². The summed E-state index contributed by atoms with van der Waals surface area (Å²) < 4.78 is 5.16. The molecule has 1 aromatic heterocycles. The normalized spacial score (nSPS) is 20.9. The van der Waals surface area contributed by atoms with E-state index in [4.69, 9.17) is 9.63 Å². The lowest BCUT2D eigenvalue weighted by Gasteiger charge is -2.16. The topological polar surface area (TPSA) is 76.2 Å². The van der Waals surface area contributed by atoms with Gasteiger partial charge in [-0.1, -0.05) is 11.6 Å². The van der Waals surface area contributed by atoms with E-state index in [-0.39, 0.29) is 6.42 Å². The first-order valence-corrected chi connectivity index (χ1v) is 6.46. The van der Waals surface area contributed by atoms with Crippen molar-refractivity contribution in [3.05, 3.63) is 11.7 Å². The first-order valence-electron chi connectivity index (χ1n) is 5.41. The van der Waals surface area contributed by atoms with Gasteiger partial charge in [0.25, 0.3) is 0 Å². The molecule has 6 heteroatoms. The number of carboxylic acid groups (broad SMARTS) is 1. The van der Waals surface area contributed by atoms with E-state index in [2.05, 4.69) is 10.1 Å². The van der Waals surface area contributed by atoms with E-state index in [0.29, 0.717) is 23.4 Å². The minimum absolute atomic E-state index is 0.0524. The second kappa shape index (κ2) is 5.34. The van der Waals surface area contributed by atoms with E-state index in [0.717, 1.165) is 12.2 Å². The number of aromatic nitrogens is 2. The number of hydrogen-bond donors (Lipinski definition) is 1. The molecule has 0 aliphatic carbocycles. The smallest absolute Gasteiger partial charge is 0.303 e. The van der Waals surface area contributed by atoms with Crippen molar-refractivity contribution in [1.29, 1.82) is 0 Å². The zero-order chi connectivity index (χ0) is 11.4. The van der Waals surface area contributed by atoms with Crippen LogP contribution < -0.4 is 0 Å². The molecule has 1 unspecified atom stereocenters. The Morgan fingerprint density at radius 2 is 2.44 bits per heavy atom. The van der Waals surface area contributed by atoms with E-state index in [9.17, 15) is 4.79 Å². The fourth-order valence-electron chi connectivity index (χ4n) is 1.65. The van der Waals surface area contributed by atoms with Crippen LogP contribution in [0.4, 0.5) is 0 Å². The lowest BCUT2D eigenvalue weighted by atomic mass is 10.2. The summed E-state index contributed by atoms with van der Waals surface area (Å²) in [6.45, 7) is 0. The van der Waals surface area contributed by atoms with Crippen molar-refractivity contribution in [2.24, 2.45) is 0 Å². The summed E-state index contributed by atoms with van der Waals surface area (Å²) in [5.41, 5.74) is 0. The van der Waals surface area contributed by atoms with E-state index < -0.39 is 5.97 Å². The van der Waals surface area contributed by atoms with Crippen molar-refractivity contribution in [3.63, 3.8) is 0 Å². The molecule has 1 N–H and O–H groups in total. The van der Waals surface area contributed by atoms with Crippen LogP contribution in [0.2, 0.25) is 0 Å². The highest BCUT2D eigenvalue weighted by Crippen LogP contribution is 2.37. The van der Waals surface area contributed by atoms with Gasteiger partial charge in [0, 0.05) is 6.42 Å². The molecule has 0 aromatic carbocycles. The average molecular weight is 242 g/mol. The van der Waals surface area contributed by atoms with Crippen molar-refractivity contribution in [2.75, 3.05) is 5.75 Å². The fraction of sp³-hybridized carbons (Fsp3) is 0.700. The molecule has 1 aromatic rings. The Kier molecular flexibility index (Phi) is 3.82. The van der Waals surface area contributed by atoms with E-state index in [1.165, 1.54) is 12.8 Å². The molecule has 1 fully saturated rings. The predicted octanol–water partition coefficient (Wildman–Crippen LogP) is 2.04. The molecule has 0 radical (unpaired) electrons. The largest absolute Gasteiger partial charge is 0.481 e. The Hall–Kier alpha value is -1.04. The van der Waals surface area contributed by atoms with Crippen molar-refractivity contribution in [3.8, 4) is 0 Å². The molecule has 1 aliphatic rings. The number of hydrogen-bond acceptors (Lipinski definition) is 5. The van der Waals surface area contributed by atoms with Gasteiger partial charge in [0.05, 0.1) is 11.7 Å². The lowest BCUT2D eigenvalue weighted by molar-refractivity contribution is -0.137. The first kappa shape index (κ1) is 11.4. The average Bonchev–Trinajstić information content (AvgIpc) is 2.76. The third kappa shape index (κ3) is 2.98. The van der Waals surface area contributed by atoms with Gasteiger partial charge in [-0.25, -0.2) is 0 Å². The van der Waals surface area contributed by atoms with Crippen molar-refractivity contribution in [1.82, 2.24) is 10.1 Å². The highest BCUT2D eigenvalue weighted by atomic mass is 32.2. The van der Waals surface area contributed by atoms with Crippen LogP contribution >= 0.6 is 11.8 Å². The maximum atomic E-state index is 10.4. The zero-order valence-electron chi connectivity index (χ0n) is 8.89. The van der Waals surface area contributed by atoms with Crippen molar-refractivity contribution < 1.29 is 14.4 Å². The molecule has 2 rings (SSSR count). The third-order valence-electron chi connectivity index (χ3n) is 2.50. The van der Waals surface area contributed by atoms with Crippen LogP contribution in [0.1, 0.15) is 42.6 Å². The Morgan fingerprint density at radius 3 is 3.12 bits per heavy atom. The lowest BCUT2D eigenvalue weighted by Crippen LogP contribution is -2.03. The van der Waals surface area contributed by atoms with Gasteiger partial charge in [-0.2, -0.15) is 4.98 Å². The molecule has 5 nitrogen and oxygen atoms in total. The van der Waals surface area contributed by atoms with Crippen molar-refractivity contribution in [2.45, 2.75) is 37.4 Å². The second-order valence-corrected chi connectivity index (χ2v) is 5.11. The highest BCUT2D eigenvalue weighted by Gasteiger charge is 2.22. The van der Waals surface area contributed by atoms with Gasteiger partial charge in [-0.05, 0) is 18.6 Å². The molecule has 0 spiro atoms. The molecule has 0 amide bonds. The van der Waals surface area contributed by atoms with Gasteiger partial charge in [0.2, 0.25) is 5.89 Å². The highest BCUT2D eigenvalue weighted by molar-refractivity contribution is 7.99. The minimum Gasteiger partial charge on any atom is -0.481 e. The minimum atomic E-state index is -0.835. The summed E-state index contributed by atoms with van der Waals surface area (Å²) in [5, 5.41) is 12.6. The summed E-state index contributed by atoms with van der Waals surface area (Å²) in [6, 6.07) is 0. The summed E-state index contributed by atoms with van der Waals surface area (Å²) in [7, 11) is 0. The quantitative estimate of drug-likeness (QED) is 0.870. The number of aryl methyl sites for hydroxylation is 1. The molecular weight excluding hydrogens is 228 g/mol. The summed E-state index contributed by atoms with van der Waals surface area (Å²) in [6.07, 6.45) is 3.92. The van der Waals surface area contributed by atoms with Gasteiger partial charge in [0.1, 0.15) is 0 Å². The monoisotopic (exact) mass is 242 g/mol. The fourth-order valence-corrected chi connectivity index (χ4v) is 2.88. The maximum Gasteiger partial charge on any atom is 0.303 e. The molecule has 2 heterocycles. The van der Waals surface area contributed by atoms with Crippen molar-refractivity contribution >= 4 is 17.7 Å². The molecule has 1 atom stereocenters. The van der Waals surface area contributed by atoms with Crippen LogP contribution in [0, 0.1) is 0 Å². The van der Waals surface area contributed by atoms with Gasteiger partial charge < -0.3 is 9.63 Å². The standard InChI is InChI=1S/C10H14N2O3S/c13-9(14)5-4-8-11-10(15-12-8)7-3-1-2-6-16-7/h7H,1-6H2,(H,13,14). The Bertz CT molecular complexity index is 361. The van der Waals surface area contributed by atoms with E-state index >= 15 is 0 Å². The molecule has 1 saturated heterocycles. The predicted molar refractivity (Wildman–Crippen MR) is 59.3 cm³/mol.